The number of benzene rings is 1. The summed E-state index contributed by atoms with van der Waals surface area (Å²) in [6.45, 7) is 1.47. The molecule has 1 saturated carbocycles. The molecule has 0 unspecified atom stereocenters. The molecule has 1 atom stereocenters. The standard InChI is InChI=1S/C13H15NO3/c1-9(11(15)16)14-12(17)13(7-8-13)10-5-3-2-4-6-10/h2-6,9H,7-8H2,1H3,(H,14,17)(H,15,16)/t9-/m0/s1. The van der Waals surface area contributed by atoms with E-state index in [4.69, 9.17) is 5.11 Å². The van der Waals surface area contributed by atoms with Crippen LogP contribution >= 0.6 is 0 Å². The molecule has 1 aromatic carbocycles. The first-order valence-corrected chi connectivity index (χ1v) is 5.65. The lowest BCUT2D eigenvalue weighted by Gasteiger charge is -2.17. The van der Waals surface area contributed by atoms with Crippen LogP contribution in [0, 0.1) is 0 Å². The van der Waals surface area contributed by atoms with Gasteiger partial charge in [0, 0.05) is 0 Å². The predicted octanol–water partition coefficient (Wildman–Crippen LogP) is 1.31. The molecule has 0 heterocycles. The van der Waals surface area contributed by atoms with Gasteiger partial charge in [0.05, 0.1) is 5.41 Å². The second-order valence-electron chi connectivity index (χ2n) is 4.48. The van der Waals surface area contributed by atoms with Crippen molar-refractivity contribution in [3.63, 3.8) is 0 Å². The van der Waals surface area contributed by atoms with Crippen molar-refractivity contribution in [1.29, 1.82) is 0 Å². The number of aliphatic carboxylic acids is 1. The van der Waals surface area contributed by atoms with Crippen LogP contribution in [0.3, 0.4) is 0 Å². The second kappa shape index (κ2) is 4.20. The monoisotopic (exact) mass is 233 g/mol. The largest absolute Gasteiger partial charge is 0.480 e. The van der Waals surface area contributed by atoms with Crippen LogP contribution in [0.4, 0.5) is 0 Å². The van der Waals surface area contributed by atoms with Gasteiger partial charge in [-0.05, 0) is 25.3 Å². The molecule has 0 saturated heterocycles. The molecule has 2 N–H and O–H groups in total. The average Bonchev–Trinajstić information content (AvgIpc) is 3.11. The fourth-order valence-corrected chi connectivity index (χ4v) is 1.93. The van der Waals surface area contributed by atoms with E-state index in [1.54, 1.807) is 0 Å². The molecular weight excluding hydrogens is 218 g/mol. The third kappa shape index (κ3) is 2.16. The summed E-state index contributed by atoms with van der Waals surface area (Å²) in [4.78, 5) is 22.8. The number of carbonyl (C=O) groups excluding carboxylic acids is 1. The minimum atomic E-state index is -1.01. The molecule has 90 valence electrons. The van der Waals surface area contributed by atoms with Crippen molar-refractivity contribution in [2.75, 3.05) is 0 Å². The molecule has 1 aliphatic rings. The minimum Gasteiger partial charge on any atom is -0.480 e. The fourth-order valence-electron chi connectivity index (χ4n) is 1.93. The highest BCUT2D eigenvalue weighted by Gasteiger charge is 2.51. The molecule has 1 fully saturated rings. The van der Waals surface area contributed by atoms with Crippen molar-refractivity contribution < 1.29 is 14.7 Å². The summed E-state index contributed by atoms with van der Waals surface area (Å²) in [7, 11) is 0. The lowest BCUT2D eigenvalue weighted by atomic mass is 9.95. The van der Waals surface area contributed by atoms with Crippen molar-refractivity contribution in [2.45, 2.75) is 31.2 Å². The summed E-state index contributed by atoms with van der Waals surface area (Å²) in [5.74, 6) is -1.19. The van der Waals surface area contributed by atoms with Gasteiger partial charge < -0.3 is 10.4 Å². The van der Waals surface area contributed by atoms with Gasteiger partial charge >= 0.3 is 5.97 Å². The van der Waals surface area contributed by atoms with E-state index in [1.807, 2.05) is 30.3 Å². The van der Waals surface area contributed by atoms with Gasteiger partial charge in [-0.3, -0.25) is 9.59 Å². The molecule has 4 heteroatoms. The van der Waals surface area contributed by atoms with E-state index in [9.17, 15) is 9.59 Å². The first-order valence-electron chi connectivity index (χ1n) is 5.65. The highest BCUT2D eigenvalue weighted by molar-refractivity contribution is 5.93. The minimum absolute atomic E-state index is 0.182. The van der Waals surface area contributed by atoms with E-state index in [1.165, 1.54) is 6.92 Å². The summed E-state index contributed by atoms with van der Waals surface area (Å²) in [5.41, 5.74) is 0.473. The summed E-state index contributed by atoms with van der Waals surface area (Å²) in [6.07, 6.45) is 1.57. The van der Waals surface area contributed by atoms with E-state index in [-0.39, 0.29) is 5.91 Å². The van der Waals surface area contributed by atoms with Crippen LogP contribution in [-0.4, -0.2) is 23.0 Å². The topological polar surface area (TPSA) is 66.4 Å². The van der Waals surface area contributed by atoms with Gasteiger partial charge in [-0.1, -0.05) is 30.3 Å². The van der Waals surface area contributed by atoms with Crippen LogP contribution in [0.5, 0.6) is 0 Å². The Morgan fingerprint density at radius 3 is 2.35 bits per heavy atom. The lowest BCUT2D eigenvalue weighted by molar-refractivity contribution is -0.141. The Kier molecular flexibility index (Phi) is 2.88. The van der Waals surface area contributed by atoms with Gasteiger partial charge in [0.2, 0.25) is 5.91 Å². The summed E-state index contributed by atoms with van der Waals surface area (Å²) in [5, 5.41) is 11.3. The Hall–Kier alpha value is -1.84. The summed E-state index contributed by atoms with van der Waals surface area (Å²) >= 11 is 0. The molecule has 0 spiro atoms. The third-order valence-electron chi connectivity index (χ3n) is 3.23. The second-order valence-corrected chi connectivity index (χ2v) is 4.48. The Morgan fingerprint density at radius 1 is 1.29 bits per heavy atom. The van der Waals surface area contributed by atoms with Crippen molar-refractivity contribution >= 4 is 11.9 Å². The molecular formula is C13H15NO3. The molecule has 1 aromatic rings. The molecule has 0 bridgehead atoms. The number of carboxylic acids is 1. The molecule has 0 aliphatic heterocycles. The maximum Gasteiger partial charge on any atom is 0.325 e. The zero-order valence-corrected chi connectivity index (χ0v) is 9.64. The third-order valence-corrected chi connectivity index (χ3v) is 3.23. The molecule has 2 rings (SSSR count). The smallest absolute Gasteiger partial charge is 0.325 e. The van der Waals surface area contributed by atoms with Crippen molar-refractivity contribution in [3.05, 3.63) is 35.9 Å². The fraction of sp³-hybridized carbons (Fsp3) is 0.385. The summed E-state index contributed by atoms with van der Waals surface area (Å²) < 4.78 is 0. The molecule has 1 amide bonds. The average molecular weight is 233 g/mol. The van der Waals surface area contributed by atoms with Gasteiger partial charge in [0.25, 0.3) is 0 Å². The van der Waals surface area contributed by atoms with Crippen LogP contribution in [-0.2, 0) is 15.0 Å². The zero-order chi connectivity index (χ0) is 12.5. The first-order chi connectivity index (χ1) is 8.06. The van der Waals surface area contributed by atoms with E-state index in [2.05, 4.69) is 5.32 Å². The predicted molar refractivity (Wildman–Crippen MR) is 62.6 cm³/mol. The number of carboxylic acid groups (broad SMARTS) is 1. The Bertz CT molecular complexity index is 437. The number of hydrogen-bond acceptors (Lipinski definition) is 2. The van der Waals surface area contributed by atoms with Crippen molar-refractivity contribution in [1.82, 2.24) is 5.32 Å². The van der Waals surface area contributed by atoms with Crippen molar-refractivity contribution in [3.8, 4) is 0 Å². The number of amides is 1. The normalized spacial score (nSPS) is 18.2. The first kappa shape index (κ1) is 11.6. The summed E-state index contributed by atoms with van der Waals surface area (Å²) in [6, 6.07) is 8.67. The van der Waals surface area contributed by atoms with E-state index >= 15 is 0 Å². The number of carbonyl (C=O) groups is 2. The highest BCUT2D eigenvalue weighted by Crippen LogP contribution is 2.48. The zero-order valence-electron chi connectivity index (χ0n) is 9.64. The van der Waals surface area contributed by atoms with E-state index < -0.39 is 17.4 Å². The maximum absolute atomic E-state index is 12.1. The Balaban J connectivity index is 2.12. The number of rotatable bonds is 4. The molecule has 0 aromatic heterocycles. The highest BCUT2D eigenvalue weighted by atomic mass is 16.4. The van der Waals surface area contributed by atoms with E-state index in [0.29, 0.717) is 0 Å². The van der Waals surface area contributed by atoms with Crippen LogP contribution in [0.2, 0.25) is 0 Å². The molecule has 4 nitrogen and oxygen atoms in total. The van der Waals surface area contributed by atoms with Crippen molar-refractivity contribution in [2.24, 2.45) is 0 Å². The van der Waals surface area contributed by atoms with Crippen LogP contribution < -0.4 is 5.32 Å². The van der Waals surface area contributed by atoms with Gasteiger partial charge in [-0.2, -0.15) is 0 Å². The van der Waals surface area contributed by atoms with Gasteiger partial charge in [-0.25, -0.2) is 0 Å². The molecule has 0 radical (unpaired) electrons. The van der Waals surface area contributed by atoms with Gasteiger partial charge in [-0.15, -0.1) is 0 Å². The van der Waals surface area contributed by atoms with Crippen LogP contribution in [0.25, 0.3) is 0 Å². The maximum atomic E-state index is 12.1. The Morgan fingerprint density at radius 2 is 1.88 bits per heavy atom. The molecule has 17 heavy (non-hydrogen) atoms. The van der Waals surface area contributed by atoms with E-state index in [0.717, 1.165) is 18.4 Å². The molecule has 1 aliphatic carbocycles. The van der Waals surface area contributed by atoms with Gasteiger partial charge in [0.15, 0.2) is 0 Å². The van der Waals surface area contributed by atoms with Crippen LogP contribution in [0.15, 0.2) is 30.3 Å². The Labute approximate surface area is 99.6 Å². The number of hydrogen-bond donors (Lipinski definition) is 2. The lowest BCUT2D eigenvalue weighted by Crippen LogP contribution is -2.43. The van der Waals surface area contributed by atoms with Crippen LogP contribution in [0.1, 0.15) is 25.3 Å². The SMILES string of the molecule is C[C@H](NC(=O)C1(c2ccccc2)CC1)C(=O)O. The van der Waals surface area contributed by atoms with Gasteiger partial charge in [0.1, 0.15) is 6.04 Å². The quantitative estimate of drug-likeness (QED) is 0.824. The number of nitrogens with one attached hydrogen (secondary N) is 1.